The van der Waals surface area contributed by atoms with E-state index in [1.165, 1.54) is 11.8 Å². The summed E-state index contributed by atoms with van der Waals surface area (Å²) >= 11 is 5.94. The summed E-state index contributed by atoms with van der Waals surface area (Å²) in [4.78, 5) is 13.1. The monoisotopic (exact) mass is 327 g/mol. The number of nitrogens with zero attached hydrogens (tertiary/aromatic N) is 5. The van der Waals surface area contributed by atoms with Gasteiger partial charge in [0.2, 0.25) is 0 Å². The lowest BCUT2D eigenvalue weighted by Gasteiger charge is -2.22. The van der Waals surface area contributed by atoms with Crippen molar-refractivity contribution >= 4 is 17.4 Å². The van der Waals surface area contributed by atoms with Gasteiger partial charge in [-0.15, -0.1) is 0 Å². The molecule has 0 saturated carbocycles. The first-order valence-electron chi connectivity index (χ1n) is 7.68. The second-order valence-corrected chi connectivity index (χ2v) is 6.05. The molecule has 3 rings (SSSR count). The highest BCUT2D eigenvalue weighted by molar-refractivity contribution is 6.30. The van der Waals surface area contributed by atoms with Gasteiger partial charge < -0.3 is 4.90 Å². The molecule has 2 heterocycles. The predicted octanol–water partition coefficient (Wildman–Crippen LogP) is 2.71. The van der Waals surface area contributed by atoms with Crippen molar-refractivity contribution in [3.63, 3.8) is 0 Å². The van der Waals surface area contributed by atoms with E-state index in [0.717, 1.165) is 50.0 Å². The maximum atomic E-state index is 8.79. The Labute approximate surface area is 141 Å². The van der Waals surface area contributed by atoms with E-state index in [1.54, 1.807) is 6.20 Å². The van der Waals surface area contributed by atoms with Crippen molar-refractivity contribution in [2.24, 2.45) is 0 Å². The fourth-order valence-electron chi connectivity index (χ4n) is 2.75. The largest absolute Gasteiger partial charge is 0.354 e. The van der Waals surface area contributed by atoms with Crippen molar-refractivity contribution in [2.45, 2.75) is 13.0 Å². The first-order valence-corrected chi connectivity index (χ1v) is 8.06. The van der Waals surface area contributed by atoms with E-state index in [0.29, 0.717) is 5.69 Å². The number of aromatic nitrogens is 2. The standard InChI is InChI=1S/C17H18ClN5/c18-15-4-2-14(3-5-15)13-22-6-1-7-23(9-8-22)17-12-20-16(10-19)11-21-17/h2-5,11-12H,1,6-9,13H2. The summed E-state index contributed by atoms with van der Waals surface area (Å²) in [5.41, 5.74) is 1.63. The highest BCUT2D eigenvalue weighted by Gasteiger charge is 2.16. The summed E-state index contributed by atoms with van der Waals surface area (Å²) in [7, 11) is 0. The number of halogens is 1. The number of rotatable bonds is 3. The molecule has 1 fully saturated rings. The Morgan fingerprint density at radius 2 is 1.87 bits per heavy atom. The maximum absolute atomic E-state index is 8.79. The Balaban J connectivity index is 1.60. The van der Waals surface area contributed by atoms with Gasteiger partial charge in [0.25, 0.3) is 0 Å². The molecule has 0 atom stereocenters. The zero-order chi connectivity index (χ0) is 16.1. The van der Waals surface area contributed by atoms with Crippen LogP contribution in [-0.2, 0) is 6.54 Å². The number of anilines is 1. The van der Waals surface area contributed by atoms with E-state index < -0.39 is 0 Å². The maximum Gasteiger partial charge on any atom is 0.158 e. The minimum absolute atomic E-state index is 0.355. The lowest BCUT2D eigenvalue weighted by Crippen LogP contribution is -2.31. The molecule has 0 spiro atoms. The van der Waals surface area contributed by atoms with Crippen molar-refractivity contribution in [2.75, 3.05) is 31.1 Å². The molecule has 5 nitrogen and oxygen atoms in total. The summed E-state index contributed by atoms with van der Waals surface area (Å²) in [6.45, 7) is 4.84. The predicted molar refractivity (Wildman–Crippen MR) is 90.3 cm³/mol. The van der Waals surface area contributed by atoms with Gasteiger partial charge in [0.1, 0.15) is 11.9 Å². The molecule has 0 bridgehead atoms. The van der Waals surface area contributed by atoms with Crippen molar-refractivity contribution in [3.05, 3.63) is 52.9 Å². The highest BCUT2D eigenvalue weighted by Crippen LogP contribution is 2.15. The van der Waals surface area contributed by atoms with Crippen LogP contribution in [0.5, 0.6) is 0 Å². The average molecular weight is 328 g/mol. The summed E-state index contributed by atoms with van der Waals surface area (Å²) in [6, 6.07) is 10.0. The van der Waals surface area contributed by atoms with Crippen LogP contribution in [0.1, 0.15) is 17.7 Å². The second-order valence-electron chi connectivity index (χ2n) is 5.61. The number of hydrogen-bond donors (Lipinski definition) is 0. The molecule has 2 aromatic rings. The Bertz CT molecular complexity index is 678. The smallest absolute Gasteiger partial charge is 0.158 e. The minimum atomic E-state index is 0.355. The summed E-state index contributed by atoms with van der Waals surface area (Å²) in [5, 5.41) is 9.57. The molecule has 1 saturated heterocycles. The van der Waals surface area contributed by atoms with Crippen LogP contribution in [0.4, 0.5) is 5.82 Å². The van der Waals surface area contributed by atoms with Crippen molar-refractivity contribution in [1.82, 2.24) is 14.9 Å². The zero-order valence-corrected chi connectivity index (χ0v) is 13.6. The van der Waals surface area contributed by atoms with Crippen LogP contribution in [0.15, 0.2) is 36.7 Å². The van der Waals surface area contributed by atoms with Gasteiger partial charge in [-0.25, -0.2) is 9.97 Å². The zero-order valence-electron chi connectivity index (χ0n) is 12.8. The summed E-state index contributed by atoms with van der Waals surface area (Å²) in [6.07, 6.45) is 4.30. The first kappa shape index (κ1) is 15.7. The molecule has 0 unspecified atom stereocenters. The Morgan fingerprint density at radius 1 is 1.04 bits per heavy atom. The first-order chi connectivity index (χ1) is 11.2. The van der Waals surface area contributed by atoms with E-state index in [-0.39, 0.29) is 0 Å². The van der Waals surface area contributed by atoms with E-state index in [9.17, 15) is 0 Å². The van der Waals surface area contributed by atoms with Crippen LogP contribution in [0.3, 0.4) is 0 Å². The molecule has 23 heavy (non-hydrogen) atoms. The van der Waals surface area contributed by atoms with Gasteiger partial charge in [-0.3, -0.25) is 4.90 Å². The van der Waals surface area contributed by atoms with Crippen LogP contribution in [0.25, 0.3) is 0 Å². The van der Waals surface area contributed by atoms with E-state index in [4.69, 9.17) is 16.9 Å². The molecule has 6 heteroatoms. The molecule has 118 valence electrons. The number of nitriles is 1. The van der Waals surface area contributed by atoms with Crippen LogP contribution in [0.2, 0.25) is 5.02 Å². The van der Waals surface area contributed by atoms with Crippen molar-refractivity contribution in [1.29, 1.82) is 5.26 Å². The van der Waals surface area contributed by atoms with Crippen LogP contribution >= 0.6 is 11.6 Å². The molecule has 1 aliphatic heterocycles. The lowest BCUT2D eigenvalue weighted by atomic mass is 10.2. The third-order valence-electron chi connectivity index (χ3n) is 3.98. The molecule has 1 aliphatic rings. The molecule has 0 radical (unpaired) electrons. The van der Waals surface area contributed by atoms with Crippen LogP contribution < -0.4 is 4.90 Å². The lowest BCUT2D eigenvalue weighted by molar-refractivity contribution is 0.285. The molecule has 0 aliphatic carbocycles. The third kappa shape index (κ3) is 4.19. The summed E-state index contributed by atoms with van der Waals surface area (Å²) < 4.78 is 0. The fraction of sp³-hybridized carbons (Fsp3) is 0.353. The Kier molecular flexibility index (Phi) is 5.06. The van der Waals surface area contributed by atoms with Gasteiger partial charge in [-0.2, -0.15) is 5.26 Å². The van der Waals surface area contributed by atoms with E-state index in [1.807, 2.05) is 18.2 Å². The normalized spacial score (nSPS) is 15.9. The van der Waals surface area contributed by atoms with Gasteiger partial charge in [0.05, 0.1) is 12.4 Å². The Morgan fingerprint density at radius 3 is 2.57 bits per heavy atom. The van der Waals surface area contributed by atoms with Gasteiger partial charge in [-0.05, 0) is 24.1 Å². The molecular formula is C17H18ClN5. The van der Waals surface area contributed by atoms with Gasteiger partial charge in [0.15, 0.2) is 5.69 Å². The molecule has 0 N–H and O–H groups in total. The SMILES string of the molecule is N#Cc1cnc(N2CCCN(Cc3ccc(Cl)cc3)CC2)cn1. The third-order valence-corrected chi connectivity index (χ3v) is 4.24. The minimum Gasteiger partial charge on any atom is -0.354 e. The molecule has 1 aromatic heterocycles. The average Bonchev–Trinajstić information content (AvgIpc) is 2.83. The fourth-order valence-corrected chi connectivity index (χ4v) is 2.87. The molecule has 1 aromatic carbocycles. The van der Waals surface area contributed by atoms with Gasteiger partial charge in [-0.1, -0.05) is 23.7 Å². The number of benzene rings is 1. The highest BCUT2D eigenvalue weighted by atomic mass is 35.5. The van der Waals surface area contributed by atoms with Gasteiger partial charge >= 0.3 is 0 Å². The van der Waals surface area contributed by atoms with E-state index >= 15 is 0 Å². The van der Waals surface area contributed by atoms with Crippen molar-refractivity contribution < 1.29 is 0 Å². The molecule has 0 amide bonds. The Hall–Kier alpha value is -2.16. The van der Waals surface area contributed by atoms with Crippen LogP contribution in [0, 0.1) is 11.3 Å². The quantitative estimate of drug-likeness (QED) is 0.867. The van der Waals surface area contributed by atoms with Gasteiger partial charge in [0, 0.05) is 37.7 Å². The van der Waals surface area contributed by atoms with E-state index in [2.05, 4.69) is 31.9 Å². The van der Waals surface area contributed by atoms with Crippen molar-refractivity contribution in [3.8, 4) is 6.07 Å². The number of hydrogen-bond acceptors (Lipinski definition) is 5. The topological polar surface area (TPSA) is 56.1 Å². The second kappa shape index (κ2) is 7.40. The summed E-state index contributed by atoms with van der Waals surface area (Å²) in [5.74, 6) is 0.845. The molecular weight excluding hydrogens is 310 g/mol. The van der Waals surface area contributed by atoms with Crippen LogP contribution in [-0.4, -0.2) is 41.0 Å².